The third-order valence-electron chi connectivity index (χ3n) is 13.5. The highest BCUT2D eigenvalue weighted by Gasteiger charge is 2.38. The highest BCUT2D eigenvalue weighted by molar-refractivity contribution is 6.31. The first-order chi connectivity index (χ1) is 38.3. The Balaban J connectivity index is 0.989. The van der Waals surface area contributed by atoms with Crippen LogP contribution in [0.25, 0.3) is 90.9 Å². The Labute approximate surface area is 450 Å². The summed E-state index contributed by atoms with van der Waals surface area (Å²) in [5.74, 6) is -5.56. The van der Waals surface area contributed by atoms with Gasteiger partial charge in [-0.2, -0.15) is 0 Å². The summed E-state index contributed by atoms with van der Waals surface area (Å²) in [4.78, 5) is 97.7. The summed E-state index contributed by atoms with van der Waals surface area (Å²) < 4.78 is 16.0. The number of ketones is 2. The van der Waals surface area contributed by atoms with Crippen molar-refractivity contribution in [3.63, 3.8) is 0 Å². The van der Waals surface area contributed by atoms with Crippen LogP contribution in [0, 0.1) is 0 Å². The number of esters is 3. The molecule has 6 aromatic carbocycles. The number of aromatic nitrogens is 4. The summed E-state index contributed by atoms with van der Waals surface area (Å²) in [6, 6.07) is 50.6. The Bertz CT molecular complexity index is 4290. The second-order valence-electron chi connectivity index (χ2n) is 18.8. The molecule has 2 aliphatic heterocycles. The normalized spacial score (nSPS) is 12.1. The molecule has 9 aromatic rings. The lowest BCUT2D eigenvalue weighted by molar-refractivity contribution is -0.133. The lowest BCUT2D eigenvalue weighted by atomic mass is 9.82. The largest absolute Gasteiger partial charge is 0.427 e. The summed E-state index contributed by atoms with van der Waals surface area (Å²) in [5, 5.41) is 2.88. The lowest BCUT2D eigenvalue weighted by Crippen LogP contribution is -2.25. The van der Waals surface area contributed by atoms with Gasteiger partial charge in [-0.25, -0.2) is 9.97 Å². The van der Waals surface area contributed by atoms with Crippen LogP contribution in [0.15, 0.2) is 164 Å². The number of aromatic amines is 2. The van der Waals surface area contributed by atoms with Crippen LogP contribution in [0.2, 0.25) is 0 Å². The number of hydrogen-bond acceptors (Lipinski definition) is 11. The maximum absolute atomic E-state index is 14.3. The number of H-pyrrole nitrogens is 2. The molecule has 8 bridgehead atoms. The summed E-state index contributed by atoms with van der Waals surface area (Å²) >= 11 is 0. The van der Waals surface area contributed by atoms with Gasteiger partial charge in [-0.15, -0.1) is 0 Å². The number of carbonyl (C=O) groups excluding carboxylic acids is 6. The van der Waals surface area contributed by atoms with E-state index < -0.39 is 35.4 Å². The molecule has 14 heteroatoms. The number of nitrogens with zero attached hydrogens (tertiary/aromatic N) is 2. The van der Waals surface area contributed by atoms with Gasteiger partial charge in [0.15, 0.2) is 5.78 Å². The maximum Gasteiger partial charge on any atom is 0.308 e. The molecule has 0 radical (unpaired) electrons. The van der Waals surface area contributed by atoms with Crippen LogP contribution in [-0.4, -0.2) is 55.3 Å². The Hall–Kier alpha value is -10.9. The Morgan fingerprint density at radius 3 is 1.19 bits per heavy atom. The van der Waals surface area contributed by atoms with Crippen LogP contribution < -0.4 is 19.5 Å². The van der Waals surface area contributed by atoms with Crippen LogP contribution in [0.3, 0.4) is 0 Å². The molecule has 1 amide bonds. The van der Waals surface area contributed by atoms with Gasteiger partial charge in [-0.3, -0.25) is 28.8 Å². The van der Waals surface area contributed by atoms with E-state index in [1.165, 1.54) is 18.2 Å². The standard InChI is InChI=1S/C65H43N5O9/c1-35(71)77-44-33-46-62(56(34-44)79-37(3)73)64(75)61-45(63(46)74)31-42(32-55(61)78-36(2)72)65(76)66-43-21-19-41(20-22-43)60-53-29-27-51(69-53)58(39-15-9-5-10-16-39)49-25-23-47(67-49)57(38-13-7-4-8-14-38)48-24-26-50(68-48)59(40-17-11-6-12-18-40)52-28-30-54(60)70-52/h4-34,67,70H,1-3H3,(H,66,76). The van der Waals surface area contributed by atoms with Crippen molar-refractivity contribution >= 4 is 87.4 Å². The van der Waals surface area contributed by atoms with Crippen LogP contribution in [0.5, 0.6) is 17.2 Å². The molecule has 0 saturated carbocycles. The highest BCUT2D eigenvalue weighted by Crippen LogP contribution is 2.42. The molecular weight excluding hydrogens is 995 g/mol. The number of benzene rings is 6. The van der Waals surface area contributed by atoms with Gasteiger partial charge in [-0.05, 0) is 101 Å². The topological polar surface area (TPSA) is 200 Å². The van der Waals surface area contributed by atoms with Crippen molar-refractivity contribution in [3.05, 3.63) is 214 Å². The van der Waals surface area contributed by atoms with Crippen molar-refractivity contribution in [1.82, 2.24) is 19.9 Å². The number of hydrogen-bond donors (Lipinski definition) is 3. The van der Waals surface area contributed by atoms with Crippen molar-refractivity contribution < 1.29 is 43.0 Å². The minimum Gasteiger partial charge on any atom is -0.427 e. The maximum atomic E-state index is 14.3. The van der Waals surface area contributed by atoms with Gasteiger partial charge in [0.2, 0.25) is 5.78 Å². The molecular formula is C65H43N5O9. The van der Waals surface area contributed by atoms with E-state index in [-0.39, 0.29) is 45.1 Å². The second kappa shape index (κ2) is 20.0. The predicted octanol–water partition coefficient (Wildman–Crippen LogP) is 13.1. The van der Waals surface area contributed by atoms with E-state index in [4.69, 9.17) is 24.2 Å². The fraction of sp³-hybridized carbons (Fsp3) is 0.0462. The van der Waals surface area contributed by atoms with Gasteiger partial charge < -0.3 is 29.5 Å². The van der Waals surface area contributed by atoms with Gasteiger partial charge in [0.25, 0.3) is 5.91 Å². The summed E-state index contributed by atoms with van der Waals surface area (Å²) in [6.07, 6.45) is 8.12. The summed E-state index contributed by atoms with van der Waals surface area (Å²) in [7, 11) is 0. The minimum absolute atomic E-state index is 0.120. The number of fused-ring (bicyclic) bond motifs is 10. The lowest BCUT2D eigenvalue weighted by Gasteiger charge is -2.23. The van der Waals surface area contributed by atoms with Crippen LogP contribution in [0.4, 0.5) is 5.69 Å². The van der Waals surface area contributed by atoms with E-state index in [1.807, 2.05) is 91.0 Å². The van der Waals surface area contributed by atoms with Crippen LogP contribution >= 0.6 is 0 Å². The summed E-state index contributed by atoms with van der Waals surface area (Å²) in [5.41, 5.74) is 12.6. The highest BCUT2D eigenvalue weighted by atomic mass is 16.5. The Morgan fingerprint density at radius 1 is 0.405 bits per heavy atom. The SMILES string of the molecule is CC(=O)Oc1cc(OC(C)=O)c2c(c1)C(=O)c1cc(C(=O)Nc3ccc(-c4c5nc(c(-c6ccccc6)c6ccc([nH]6)c(-c6ccccc6)c6nc(c(-c7ccccc7)c7ccc4[nH]7)C=C6)C=C5)cc3)cc(OC(C)=O)c1C2=O. The van der Waals surface area contributed by atoms with E-state index >= 15 is 0 Å². The van der Waals surface area contributed by atoms with Crippen LogP contribution in [-0.2, 0) is 14.4 Å². The van der Waals surface area contributed by atoms with E-state index in [1.54, 1.807) is 12.1 Å². The molecule has 3 N–H and O–H groups in total. The number of amides is 1. The van der Waals surface area contributed by atoms with Crippen LogP contribution in [0.1, 0.15) is 85.7 Å². The Kier molecular flexibility index (Phi) is 12.4. The fourth-order valence-corrected chi connectivity index (χ4v) is 10.3. The molecule has 3 aliphatic rings. The molecule has 5 heterocycles. The number of rotatable bonds is 9. The molecule has 0 fully saturated rings. The first-order valence-corrected chi connectivity index (χ1v) is 25.1. The van der Waals surface area contributed by atoms with Crippen molar-refractivity contribution in [1.29, 1.82) is 0 Å². The van der Waals surface area contributed by atoms with E-state index in [9.17, 15) is 28.8 Å². The van der Waals surface area contributed by atoms with E-state index in [2.05, 4.69) is 76.0 Å². The molecule has 14 nitrogen and oxygen atoms in total. The zero-order valence-electron chi connectivity index (χ0n) is 42.5. The molecule has 0 unspecified atom stereocenters. The van der Waals surface area contributed by atoms with Crippen molar-refractivity contribution in [2.45, 2.75) is 20.8 Å². The van der Waals surface area contributed by atoms with Crippen molar-refractivity contribution in [3.8, 4) is 61.8 Å². The molecule has 79 heavy (non-hydrogen) atoms. The van der Waals surface area contributed by atoms with Gasteiger partial charge in [0.05, 0.1) is 33.9 Å². The third-order valence-corrected chi connectivity index (χ3v) is 13.5. The van der Waals surface area contributed by atoms with Gasteiger partial charge in [0.1, 0.15) is 17.2 Å². The quantitative estimate of drug-likeness (QED) is 0.0918. The van der Waals surface area contributed by atoms with Crippen molar-refractivity contribution in [2.24, 2.45) is 0 Å². The summed E-state index contributed by atoms with van der Waals surface area (Å²) in [6.45, 7) is 3.35. The number of carbonyl (C=O) groups is 6. The zero-order chi connectivity index (χ0) is 54.5. The molecule has 3 aromatic heterocycles. The first kappa shape index (κ1) is 49.0. The molecule has 0 saturated heterocycles. The second-order valence-corrected chi connectivity index (χ2v) is 18.8. The Morgan fingerprint density at radius 2 is 0.785 bits per heavy atom. The molecule has 1 aliphatic carbocycles. The first-order valence-electron chi connectivity index (χ1n) is 25.1. The molecule has 0 atom stereocenters. The average Bonchev–Trinajstić information content (AvgIpc) is 4.44. The van der Waals surface area contributed by atoms with E-state index in [0.29, 0.717) is 11.4 Å². The van der Waals surface area contributed by atoms with E-state index in [0.717, 1.165) is 110 Å². The number of anilines is 1. The molecule has 0 spiro atoms. The molecule has 12 rings (SSSR count). The van der Waals surface area contributed by atoms with Gasteiger partial charge in [0, 0.05) is 93.5 Å². The predicted molar refractivity (Wildman–Crippen MR) is 302 cm³/mol. The van der Waals surface area contributed by atoms with Gasteiger partial charge >= 0.3 is 17.9 Å². The van der Waals surface area contributed by atoms with Gasteiger partial charge in [-0.1, -0.05) is 103 Å². The third kappa shape index (κ3) is 9.29. The average molecular weight is 1040 g/mol. The number of ether oxygens (including phenoxy) is 3. The fourth-order valence-electron chi connectivity index (χ4n) is 10.3. The number of nitrogens with one attached hydrogen (secondary N) is 3. The zero-order valence-corrected chi connectivity index (χ0v) is 42.5. The minimum atomic E-state index is -0.830. The monoisotopic (exact) mass is 1040 g/mol. The smallest absolute Gasteiger partial charge is 0.308 e. The van der Waals surface area contributed by atoms with Crippen molar-refractivity contribution in [2.75, 3.05) is 5.32 Å². The molecule has 382 valence electrons.